The number of rotatable bonds is 5. The molecule has 30 heavy (non-hydrogen) atoms. The first-order valence-corrected chi connectivity index (χ1v) is 11.0. The number of aromatic nitrogens is 3. The Morgan fingerprint density at radius 1 is 0.867 bits per heavy atom. The fourth-order valence-electron chi connectivity index (χ4n) is 3.56. The second-order valence-corrected chi connectivity index (χ2v) is 8.96. The van der Waals surface area contributed by atoms with Gasteiger partial charge in [-0.3, -0.25) is 10.1 Å². The minimum atomic E-state index is -3.46. The highest BCUT2D eigenvalue weighted by atomic mass is 32.2. The summed E-state index contributed by atoms with van der Waals surface area (Å²) >= 11 is 0. The van der Waals surface area contributed by atoms with Crippen molar-refractivity contribution in [3.05, 3.63) is 78.2 Å². The van der Waals surface area contributed by atoms with Gasteiger partial charge < -0.3 is 0 Å². The molecular formula is C23H22N4O2S. The molecule has 152 valence electrons. The number of hydrogen-bond donors (Lipinski definition) is 2. The van der Waals surface area contributed by atoms with Crippen LogP contribution in [0.15, 0.2) is 71.9 Å². The van der Waals surface area contributed by atoms with Crippen molar-refractivity contribution in [3.8, 4) is 33.5 Å². The molecule has 0 aliphatic carbocycles. The van der Waals surface area contributed by atoms with Crippen molar-refractivity contribution in [1.82, 2.24) is 19.9 Å². The Morgan fingerprint density at radius 2 is 1.53 bits per heavy atom. The first kappa shape index (κ1) is 20.0. The molecule has 0 aliphatic rings. The molecule has 4 rings (SSSR count). The van der Waals surface area contributed by atoms with Crippen LogP contribution in [0, 0.1) is 13.8 Å². The number of sulfonamides is 1. The second-order valence-electron chi connectivity index (χ2n) is 7.07. The molecule has 0 atom stereocenters. The van der Waals surface area contributed by atoms with Gasteiger partial charge in [-0.05, 0) is 67.4 Å². The summed E-state index contributed by atoms with van der Waals surface area (Å²) in [7, 11) is -2.04. The number of H-pyrrole nitrogens is 1. The molecular weight excluding hydrogens is 396 g/mol. The first-order valence-electron chi connectivity index (χ1n) is 9.51. The lowest BCUT2D eigenvalue weighted by Gasteiger charge is -2.11. The zero-order chi connectivity index (χ0) is 21.3. The van der Waals surface area contributed by atoms with E-state index in [2.05, 4.69) is 32.0 Å². The van der Waals surface area contributed by atoms with Gasteiger partial charge in [0.25, 0.3) is 0 Å². The van der Waals surface area contributed by atoms with Crippen LogP contribution in [0.1, 0.15) is 11.3 Å². The Kier molecular flexibility index (Phi) is 5.24. The van der Waals surface area contributed by atoms with Gasteiger partial charge in [0, 0.05) is 29.2 Å². The fraction of sp³-hybridized carbons (Fsp3) is 0.130. The summed E-state index contributed by atoms with van der Waals surface area (Å²) in [5.74, 6) is 0. The van der Waals surface area contributed by atoms with Crippen molar-refractivity contribution in [2.45, 2.75) is 18.7 Å². The summed E-state index contributed by atoms with van der Waals surface area (Å²) in [6, 6.07) is 17.3. The lowest BCUT2D eigenvalue weighted by atomic mass is 9.95. The maximum Gasteiger partial charge on any atom is 0.240 e. The molecule has 0 aliphatic heterocycles. The molecule has 2 aromatic heterocycles. The molecule has 6 nitrogen and oxygen atoms in total. The van der Waals surface area contributed by atoms with Crippen LogP contribution in [0.2, 0.25) is 0 Å². The molecule has 0 unspecified atom stereocenters. The Labute approximate surface area is 176 Å². The minimum absolute atomic E-state index is 0.263. The van der Waals surface area contributed by atoms with Gasteiger partial charge in [0.2, 0.25) is 10.0 Å². The van der Waals surface area contributed by atoms with Gasteiger partial charge in [-0.15, -0.1) is 0 Å². The van der Waals surface area contributed by atoms with E-state index >= 15 is 0 Å². The van der Waals surface area contributed by atoms with Crippen LogP contribution < -0.4 is 4.72 Å². The number of nitrogens with one attached hydrogen (secondary N) is 2. The number of hydrogen-bond acceptors (Lipinski definition) is 4. The molecule has 0 amide bonds. The molecule has 7 heteroatoms. The van der Waals surface area contributed by atoms with Crippen LogP contribution >= 0.6 is 0 Å². The van der Waals surface area contributed by atoms with Crippen LogP contribution in [-0.4, -0.2) is 30.6 Å². The fourth-order valence-corrected chi connectivity index (χ4v) is 4.38. The van der Waals surface area contributed by atoms with E-state index < -0.39 is 10.0 Å². The van der Waals surface area contributed by atoms with E-state index in [-0.39, 0.29) is 4.90 Å². The van der Waals surface area contributed by atoms with Gasteiger partial charge in [0.15, 0.2) is 0 Å². The summed E-state index contributed by atoms with van der Waals surface area (Å²) in [5, 5.41) is 7.56. The highest BCUT2D eigenvalue weighted by Crippen LogP contribution is 2.34. The first-order chi connectivity index (χ1) is 14.4. The zero-order valence-electron chi connectivity index (χ0n) is 17.0. The molecule has 0 saturated carbocycles. The van der Waals surface area contributed by atoms with E-state index in [1.165, 1.54) is 7.05 Å². The van der Waals surface area contributed by atoms with Crippen molar-refractivity contribution >= 4 is 10.0 Å². The Hall–Kier alpha value is -3.29. The SMILES string of the molecule is CNS(=O)(=O)c1ccc(-c2ccc(-c3c(-c4ccncc4)n[nH]c3C)cc2)c(C)c1. The highest BCUT2D eigenvalue weighted by Gasteiger charge is 2.16. The van der Waals surface area contributed by atoms with Crippen LogP contribution in [0.5, 0.6) is 0 Å². The molecule has 0 bridgehead atoms. The third-order valence-electron chi connectivity index (χ3n) is 5.16. The van der Waals surface area contributed by atoms with E-state index in [1.807, 2.05) is 44.2 Å². The number of benzene rings is 2. The number of nitrogens with zero attached hydrogens (tertiary/aromatic N) is 2. The van der Waals surface area contributed by atoms with Crippen LogP contribution in [0.3, 0.4) is 0 Å². The third-order valence-corrected chi connectivity index (χ3v) is 6.57. The van der Waals surface area contributed by atoms with Gasteiger partial charge in [0.05, 0.1) is 4.90 Å². The smallest absolute Gasteiger partial charge is 0.240 e. The predicted molar refractivity (Wildman–Crippen MR) is 118 cm³/mol. The third kappa shape index (κ3) is 3.65. The minimum Gasteiger partial charge on any atom is -0.282 e. The maximum atomic E-state index is 12.0. The van der Waals surface area contributed by atoms with E-state index in [4.69, 9.17) is 0 Å². The molecule has 0 spiro atoms. The topological polar surface area (TPSA) is 87.7 Å². The van der Waals surface area contributed by atoms with E-state index in [1.54, 1.807) is 24.5 Å². The molecule has 0 saturated heterocycles. The monoisotopic (exact) mass is 418 g/mol. The molecule has 0 radical (unpaired) electrons. The van der Waals surface area contributed by atoms with Crippen LogP contribution in [0.4, 0.5) is 0 Å². The van der Waals surface area contributed by atoms with Crippen molar-refractivity contribution in [1.29, 1.82) is 0 Å². The standard InChI is InChI=1S/C23H22N4O2S/c1-15-14-20(30(28,29)24-3)8-9-21(15)17-4-6-18(7-5-17)22-16(2)26-27-23(22)19-10-12-25-13-11-19/h4-14,24H,1-3H3,(H,26,27). The summed E-state index contributed by atoms with van der Waals surface area (Å²) < 4.78 is 26.4. The summed E-state index contributed by atoms with van der Waals surface area (Å²) in [6.07, 6.45) is 3.51. The average molecular weight is 419 g/mol. The Balaban J connectivity index is 1.71. The Morgan fingerprint density at radius 3 is 2.17 bits per heavy atom. The van der Waals surface area contributed by atoms with Gasteiger partial charge in [-0.2, -0.15) is 5.10 Å². The summed E-state index contributed by atoms with van der Waals surface area (Å²) in [4.78, 5) is 4.34. The summed E-state index contributed by atoms with van der Waals surface area (Å²) in [5.41, 5.74) is 7.92. The number of aromatic amines is 1. The quantitative estimate of drug-likeness (QED) is 0.505. The largest absolute Gasteiger partial charge is 0.282 e. The predicted octanol–water partition coefficient (Wildman–Crippen LogP) is 4.33. The van der Waals surface area contributed by atoms with Crippen molar-refractivity contribution in [3.63, 3.8) is 0 Å². The average Bonchev–Trinajstić information content (AvgIpc) is 3.16. The molecule has 2 aromatic carbocycles. The Bertz CT molecular complexity index is 1300. The van der Waals surface area contributed by atoms with Crippen molar-refractivity contribution in [2.75, 3.05) is 7.05 Å². The molecule has 0 fully saturated rings. The van der Waals surface area contributed by atoms with Gasteiger partial charge in [-0.25, -0.2) is 13.1 Å². The zero-order valence-corrected chi connectivity index (χ0v) is 17.8. The highest BCUT2D eigenvalue weighted by molar-refractivity contribution is 7.89. The summed E-state index contributed by atoms with van der Waals surface area (Å²) in [6.45, 7) is 3.92. The van der Waals surface area contributed by atoms with Crippen LogP contribution in [-0.2, 0) is 10.0 Å². The second kappa shape index (κ2) is 7.85. The number of pyridine rings is 1. The molecule has 4 aromatic rings. The van der Waals surface area contributed by atoms with Crippen molar-refractivity contribution in [2.24, 2.45) is 0 Å². The molecule has 2 heterocycles. The van der Waals surface area contributed by atoms with Crippen molar-refractivity contribution < 1.29 is 8.42 Å². The lowest BCUT2D eigenvalue weighted by molar-refractivity contribution is 0.588. The van der Waals surface area contributed by atoms with Gasteiger partial charge >= 0.3 is 0 Å². The van der Waals surface area contributed by atoms with E-state index in [9.17, 15) is 8.42 Å². The lowest BCUT2D eigenvalue weighted by Crippen LogP contribution is -2.18. The van der Waals surface area contributed by atoms with E-state index in [0.29, 0.717) is 0 Å². The van der Waals surface area contributed by atoms with Gasteiger partial charge in [-0.1, -0.05) is 30.3 Å². The van der Waals surface area contributed by atoms with Gasteiger partial charge in [0.1, 0.15) is 5.69 Å². The van der Waals surface area contributed by atoms with E-state index in [0.717, 1.165) is 44.8 Å². The maximum absolute atomic E-state index is 12.0. The number of aryl methyl sites for hydroxylation is 2. The normalized spacial score (nSPS) is 11.6. The van der Waals surface area contributed by atoms with Crippen LogP contribution in [0.25, 0.3) is 33.5 Å². The molecule has 2 N–H and O–H groups in total.